The van der Waals surface area contributed by atoms with Gasteiger partial charge in [-0.15, -0.1) is 0 Å². The summed E-state index contributed by atoms with van der Waals surface area (Å²) in [6.07, 6.45) is 0. The largest absolute Gasteiger partial charge is 0.383 e. The summed E-state index contributed by atoms with van der Waals surface area (Å²) in [5.74, 6) is -1.24. The van der Waals surface area contributed by atoms with E-state index in [2.05, 4.69) is 10.6 Å². The number of carbonyl (C=O) groups excluding carboxylic acids is 1. The molecule has 0 saturated heterocycles. The van der Waals surface area contributed by atoms with Gasteiger partial charge in [0.15, 0.2) is 0 Å². The smallest absolute Gasteiger partial charge is 0.293 e. The quantitative estimate of drug-likeness (QED) is 0.546. The normalized spacial score (nSPS) is 11.3. The molecule has 0 radical (unpaired) electrons. The Hall–Kier alpha value is -3.05. The molecule has 9 nitrogen and oxygen atoms in total. The molecule has 0 spiro atoms. The molecular weight excluding hydrogens is 379 g/mol. The maximum atomic E-state index is 13.1. The molecule has 2 N–H and O–H groups in total. The van der Waals surface area contributed by atoms with Crippen LogP contribution in [0.4, 0.5) is 21.5 Å². The SMILES string of the molecule is CNc1ccc(S(=O)(=O)N(C)CC(=O)Nc2cccc(F)c2)cc1[N+](=O)[O-]. The van der Waals surface area contributed by atoms with Crippen LogP contribution in [0.5, 0.6) is 0 Å². The van der Waals surface area contributed by atoms with E-state index in [0.717, 1.165) is 23.5 Å². The highest BCUT2D eigenvalue weighted by molar-refractivity contribution is 7.89. The van der Waals surface area contributed by atoms with Crippen LogP contribution in [-0.4, -0.2) is 44.2 Å². The summed E-state index contributed by atoms with van der Waals surface area (Å²) in [5, 5.41) is 16.1. The zero-order valence-electron chi connectivity index (χ0n) is 14.5. The van der Waals surface area contributed by atoms with Crippen molar-refractivity contribution in [2.75, 3.05) is 31.3 Å². The van der Waals surface area contributed by atoms with Crippen molar-refractivity contribution in [1.29, 1.82) is 0 Å². The van der Waals surface area contributed by atoms with Gasteiger partial charge < -0.3 is 10.6 Å². The Morgan fingerprint density at radius 1 is 1.26 bits per heavy atom. The van der Waals surface area contributed by atoms with E-state index in [1.807, 2.05) is 0 Å². The Bertz CT molecular complexity index is 981. The molecule has 0 bridgehead atoms. The molecule has 0 fully saturated rings. The summed E-state index contributed by atoms with van der Waals surface area (Å²) in [4.78, 5) is 22.1. The molecule has 0 atom stereocenters. The lowest BCUT2D eigenvalue weighted by Gasteiger charge is -2.17. The second-order valence-corrected chi connectivity index (χ2v) is 7.55. The molecule has 0 heterocycles. The first-order valence-electron chi connectivity index (χ1n) is 7.63. The number of likely N-dealkylation sites (N-methyl/N-ethyl adjacent to an activating group) is 1. The van der Waals surface area contributed by atoms with Crippen LogP contribution >= 0.6 is 0 Å². The lowest BCUT2D eigenvalue weighted by molar-refractivity contribution is -0.384. The maximum absolute atomic E-state index is 13.1. The molecule has 0 saturated carbocycles. The molecule has 0 aromatic heterocycles. The van der Waals surface area contributed by atoms with E-state index in [0.29, 0.717) is 0 Å². The van der Waals surface area contributed by atoms with Crippen LogP contribution in [0, 0.1) is 15.9 Å². The molecule has 2 aromatic rings. The number of nitrogens with zero attached hydrogens (tertiary/aromatic N) is 2. The minimum Gasteiger partial charge on any atom is -0.383 e. The fourth-order valence-corrected chi connectivity index (χ4v) is 3.42. The van der Waals surface area contributed by atoms with Gasteiger partial charge in [-0.2, -0.15) is 4.31 Å². The molecule has 0 aliphatic heterocycles. The van der Waals surface area contributed by atoms with Gasteiger partial charge in [0.05, 0.1) is 16.4 Å². The molecule has 0 aliphatic carbocycles. The monoisotopic (exact) mass is 396 g/mol. The number of sulfonamides is 1. The Morgan fingerprint density at radius 2 is 1.96 bits per heavy atom. The van der Waals surface area contributed by atoms with Gasteiger partial charge in [-0.05, 0) is 30.3 Å². The topological polar surface area (TPSA) is 122 Å². The Morgan fingerprint density at radius 3 is 2.56 bits per heavy atom. The molecule has 1 amide bonds. The van der Waals surface area contributed by atoms with Crippen LogP contribution in [0.15, 0.2) is 47.4 Å². The third kappa shape index (κ3) is 4.77. The summed E-state index contributed by atoms with van der Waals surface area (Å²) < 4.78 is 39.1. The molecule has 27 heavy (non-hydrogen) atoms. The summed E-state index contributed by atoms with van der Waals surface area (Å²) in [6.45, 7) is -0.555. The summed E-state index contributed by atoms with van der Waals surface area (Å²) in [5.41, 5.74) is -0.0681. The van der Waals surface area contributed by atoms with Gasteiger partial charge in [-0.25, -0.2) is 12.8 Å². The Balaban J connectivity index is 2.19. The van der Waals surface area contributed by atoms with Crippen LogP contribution in [0.2, 0.25) is 0 Å². The lowest BCUT2D eigenvalue weighted by atomic mass is 10.3. The second kappa shape index (κ2) is 8.10. The number of hydrogen-bond donors (Lipinski definition) is 2. The Labute approximate surface area is 155 Å². The van der Waals surface area contributed by atoms with Gasteiger partial charge in [0.1, 0.15) is 11.5 Å². The summed E-state index contributed by atoms with van der Waals surface area (Å²) >= 11 is 0. The minimum absolute atomic E-state index is 0.158. The Kier molecular flexibility index (Phi) is 6.08. The second-order valence-electron chi connectivity index (χ2n) is 5.51. The highest BCUT2D eigenvalue weighted by Gasteiger charge is 2.26. The zero-order chi connectivity index (χ0) is 20.2. The van der Waals surface area contributed by atoms with Crippen LogP contribution < -0.4 is 10.6 Å². The molecule has 144 valence electrons. The van der Waals surface area contributed by atoms with E-state index in [9.17, 15) is 27.7 Å². The van der Waals surface area contributed by atoms with Gasteiger partial charge in [0, 0.05) is 25.8 Å². The fourth-order valence-electron chi connectivity index (χ4n) is 2.27. The van der Waals surface area contributed by atoms with Crippen LogP contribution in [-0.2, 0) is 14.8 Å². The fraction of sp³-hybridized carbons (Fsp3) is 0.188. The van der Waals surface area contributed by atoms with Crippen molar-refractivity contribution in [3.05, 3.63) is 58.4 Å². The number of hydrogen-bond acceptors (Lipinski definition) is 6. The van der Waals surface area contributed by atoms with Gasteiger partial charge in [0.25, 0.3) is 5.69 Å². The highest BCUT2D eigenvalue weighted by Crippen LogP contribution is 2.28. The van der Waals surface area contributed by atoms with E-state index >= 15 is 0 Å². The van der Waals surface area contributed by atoms with E-state index in [-0.39, 0.29) is 16.3 Å². The number of nitro benzene ring substituents is 1. The number of nitro groups is 1. The van der Waals surface area contributed by atoms with E-state index in [1.54, 1.807) is 0 Å². The third-order valence-corrected chi connectivity index (χ3v) is 5.42. The van der Waals surface area contributed by atoms with E-state index in [1.165, 1.54) is 37.4 Å². The van der Waals surface area contributed by atoms with Crippen molar-refractivity contribution in [1.82, 2.24) is 4.31 Å². The van der Waals surface area contributed by atoms with Crippen molar-refractivity contribution in [3.8, 4) is 0 Å². The summed E-state index contributed by atoms with van der Waals surface area (Å²) in [6, 6.07) is 8.53. The van der Waals surface area contributed by atoms with Crippen molar-refractivity contribution >= 4 is 33.0 Å². The standard InChI is InChI=1S/C16H17FN4O5S/c1-18-14-7-6-13(9-15(14)21(23)24)27(25,26)20(2)10-16(22)19-12-5-3-4-11(17)8-12/h3-9,18H,10H2,1-2H3,(H,19,22). The van der Waals surface area contributed by atoms with Crippen LogP contribution in [0.3, 0.4) is 0 Å². The number of benzene rings is 2. The molecular formula is C16H17FN4O5S. The number of carbonyl (C=O) groups is 1. The van der Waals surface area contributed by atoms with Gasteiger partial charge >= 0.3 is 0 Å². The number of anilines is 2. The molecule has 0 unspecified atom stereocenters. The molecule has 2 aromatic carbocycles. The highest BCUT2D eigenvalue weighted by atomic mass is 32.2. The minimum atomic E-state index is -4.15. The van der Waals surface area contributed by atoms with Crippen molar-refractivity contribution in [3.63, 3.8) is 0 Å². The van der Waals surface area contributed by atoms with Crippen molar-refractivity contribution < 1.29 is 22.5 Å². The van der Waals surface area contributed by atoms with Gasteiger partial charge in [-0.3, -0.25) is 14.9 Å². The predicted molar refractivity (Wildman–Crippen MR) is 97.5 cm³/mol. The van der Waals surface area contributed by atoms with Gasteiger partial charge in [0.2, 0.25) is 15.9 Å². The maximum Gasteiger partial charge on any atom is 0.293 e. The third-order valence-electron chi connectivity index (χ3n) is 3.62. The van der Waals surface area contributed by atoms with Crippen molar-refractivity contribution in [2.45, 2.75) is 4.90 Å². The van der Waals surface area contributed by atoms with Crippen molar-refractivity contribution in [2.24, 2.45) is 0 Å². The number of rotatable bonds is 7. The first-order chi connectivity index (χ1) is 12.6. The molecule has 11 heteroatoms. The van der Waals surface area contributed by atoms with Crippen LogP contribution in [0.25, 0.3) is 0 Å². The zero-order valence-corrected chi connectivity index (χ0v) is 15.3. The number of halogens is 1. The lowest BCUT2D eigenvalue weighted by Crippen LogP contribution is -2.35. The van der Waals surface area contributed by atoms with E-state index in [4.69, 9.17) is 0 Å². The van der Waals surface area contributed by atoms with Gasteiger partial charge in [-0.1, -0.05) is 6.07 Å². The molecule has 2 rings (SSSR count). The first kappa shape index (κ1) is 20.3. The predicted octanol–water partition coefficient (Wildman–Crippen LogP) is 2.03. The number of nitrogens with one attached hydrogen (secondary N) is 2. The first-order valence-corrected chi connectivity index (χ1v) is 9.07. The average molecular weight is 396 g/mol. The molecule has 0 aliphatic rings. The van der Waals surface area contributed by atoms with Crippen LogP contribution in [0.1, 0.15) is 0 Å². The average Bonchev–Trinajstić information content (AvgIpc) is 2.60. The summed E-state index contributed by atoms with van der Waals surface area (Å²) in [7, 11) is -1.51. The van der Waals surface area contributed by atoms with E-state index < -0.39 is 38.9 Å². The number of amides is 1.